The van der Waals surface area contributed by atoms with Crippen molar-refractivity contribution in [3.63, 3.8) is 0 Å². The maximum absolute atomic E-state index is 10.6. The second-order valence-corrected chi connectivity index (χ2v) is 3.68. The van der Waals surface area contributed by atoms with Gasteiger partial charge in [-0.25, -0.2) is 4.79 Å². The molecule has 0 radical (unpaired) electrons. The van der Waals surface area contributed by atoms with Gasteiger partial charge >= 0.3 is 6.09 Å². The van der Waals surface area contributed by atoms with Crippen LogP contribution < -0.4 is 5.73 Å². The molecule has 0 fully saturated rings. The maximum Gasteiger partial charge on any atom is 0.404 e. The molecule has 6 heteroatoms. The Morgan fingerprint density at radius 2 is 2.12 bits per heavy atom. The van der Waals surface area contributed by atoms with Gasteiger partial charge in [-0.3, -0.25) is 10.1 Å². The normalized spacial score (nSPS) is 17.9. The van der Waals surface area contributed by atoms with E-state index in [0.717, 1.165) is 11.1 Å². The first kappa shape index (κ1) is 10.4. The Labute approximate surface area is 91.2 Å². The summed E-state index contributed by atoms with van der Waals surface area (Å²) in [6, 6.07) is 4.66. The zero-order valence-electron chi connectivity index (χ0n) is 8.38. The first-order valence-electron chi connectivity index (χ1n) is 4.78. The van der Waals surface area contributed by atoms with Crippen molar-refractivity contribution in [1.29, 1.82) is 0 Å². The summed E-state index contributed by atoms with van der Waals surface area (Å²) in [6.45, 7) is 0. The minimum atomic E-state index is -0.813. The van der Waals surface area contributed by atoms with Gasteiger partial charge in [-0.1, -0.05) is 6.07 Å². The van der Waals surface area contributed by atoms with Gasteiger partial charge in [0.25, 0.3) is 5.69 Å². The van der Waals surface area contributed by atoms with E-state index in [1.807, 2.05) is 0 Å². The van der Waals surface area contributed by atoms with Gasteiger partial charge in [0.05, 0.1) is 4.92 Å². The van der Waals surface area contributed by atoms with E-state index in [1.165, 1.54) is 12.1 Å². The molecule has 2 rings (SSSR count). The second kappa shape index (κ2) is 3.80. The van der Waals surface area contributed by atoms with Crippen LogP contribution in [-0.2, 0) is 17.6 Å². The molecular weight excluding hydrogens is 212 g/mol. The molecule has 1 atom stereocenters. The maximum atomic E-state index is 10.6. The molecule has 0 aromatic heterocycles. The number of nitro benzene ring substituents is 1. The number of non-ortho nitro benzene ring substituents is 1. The summed E-state index contributed by atoms with van der Waals surface area (Å²) in [4.78, 5) is 20.7. The lowest BCUT2D eigenvalue weighted by Crippen LogP contribution is -2.22. The molecule has 0 bridgehead atoms. The molecule has 1 amide bonds. The van der Waals surface area contributed by atoms with Gasteiger partial charge < -0.3 is 10.5 Å². The quantitative estimate of drug-likeness (QED) is 0.599. The molecular formula is C10H10N2O4. The third-order valence-electron chi connectivity index (χ3n) is 2.58. The fourth-order valence-corrected chi connectivity index (χ4v) is 1.93. The molecule has 0 heterocycles. The molecule has 1 aromatic rings. The molecule has 1 aliphatic carbocycles. The van der Waals surface area contributed by atoms with Crippen molar-refractivity contribution in [3.8, 4) is 0 Å². The van der Waals surface area contributed by atoms with Gasteiger partial charge in [-0.05, 0) is 11.1 Å². The van der Waals surface area contributed by atoms with Crippen molar-refractivity contribution < 1.29 is 14.5 Å². The minimum absolute atomic E-state index is 0.0541. The summed E-state index contributed by atoms with van der Waals surface area (Å²) >= 11 is 0. The number of carbonyl (C=O) groups excluding carboxylic acids is 1. The monoisotopic (exact) mass is 222 g/mol. The number of hydrogen-bond acceptors (Lipinski definition) is 4. The first-order chi connectivity index (χ1) is 7.56. The third kappa shape index (κ3) is 1.95. The highest BCUT2D eigenvalue weighted by molar-refractivity contribution is 5.65. The second-order valence-electron chi connectivity index (χ2n) is 3.68. The van der Waals surface area contributed by atoms with Crippen LogP contribution in [0, 0.1) is 10.1 Å². The molecule has 0 aliphatic heterocycles. The number of primary amides is 1. The highest BCUT2D eigenvalue weighted by atomic mass is 16.6. The molecule has 1 aliphatic rings. The van der Waals surface area contributed by atoms with Crippen molar-refractivity contribution in [2.24, 2.45) is 5.73 Å². The number of nitro groups is 1. The van der Waals surface area contributed by atoms with E-state index < -0.39 is 11.0 Å². The number of carbonyl (C=O) groups is 1. The fraction of sp³-hybridized carbons (Fsp3) is 0.300. The number of ether oxygens (including phenoxy) is 1. The summed E-state index contributed by atoms with van der Waals surface area (Å²) in [6.07, 6.45) is -0.0576. The molecule has 0 saturated carbocycles. The molecule has 0 saturated heterocycles. The lowest BCUT2D eigenvalue weighted by atomic mass is 10.1. The number of nitrogens with two attached hydrogens (primary N) is 1. The number of fused-ring (bicyclic) bond motifs is 1. The van der Waals surface area contributed by atoms with E-state index in [4.69, 9.17) is 10.5 Å². The molecule has 0 unspecified atom stereocenters. The predicted octanol–water partition coefficient (Wildman–Crippen LogP) is 1.16. The smallest absolute Gasteiger partial charge is 0.404 e. The molecule has 0 spiro atoms. The van der Waals surface area contributed by atoms with Crippen LogP contribution in [0.4, 0.5) is 10.5 Å². The SMILES string of the molecule is NC(=O)O[C@H]1Cc2ccc([N+](=O)[O-])cc2C1. The Balaban J connectivity index is 2.18. The molecule has 16 heavy (non-hydrogen) atoms. The van der Waals surface area contributed by atoms with Crippen molar-refractivity contribution in [2.45, 2.75) is 18.9 Å². The third-order valence-corrected chi connectivity index (χ3v) is 2.58. The Hall–Kier alpha value is -2.11. The Kier molecular flexibility index (Phi) is 2.47. The molecule has 84 valence electrons. The number of rotatable bonds is 2. The van der Waals surface area contributed by atoms with Crippen LogP contribution in [0.2, 0.25) is 0 Å². The van der Waals surface area contributed by atoms with Crippen LogP contribution in [0.3, 0.4) is 0 Å². The largest absolute Gasteiger partial charge is 0.446 e. The average Bonchev–Trinajstić information content (AvgIpc) is 2.56. The summed E-state index contributed by atoms with van der Waals surface area (Å²) in [5, 5.41) is 10.6. The van der Waals surface area contributed by atoms with Gasteiger partial charge in [0.2, 0.25) is 0 Å². The van der Waals surface area contributed by atoms with Crippen LogP contribution >= 0.6 is 0 Å². The molecule has 2 N–H and O–H groups in total. The topological polar surface area (TPSA) is 95.5 Å². The van der Waals surface area contributed by atoms with Gasteiger partial charge in [-0.15, -0.1) is 0 Å². The number of hydrogen-bond donors (Lipinski definition) is 1. The van der Waals surface area contributed by atoms with Crippen LogP contribution in [0.25, 0.3) is 0 Å². The number of benzene rings is 1. The average molecular weight is 222 g/mol. The van der Waals surface area contributed by atoms with Crippen molar-refractivity contribution >= 4 is 11.8 Å². The predicted molar refractivity (Wildman–Crippen MR) is 55.0 cm³/mol. The zero-order valence-corrected chi connectivity index (χ0v) is 8.38. The first-order valence-corrected chi connectivity index (χ1v) is 4.78. The summed E-state index contributed by atoms with van der Waals surface area (Å²) in [5.74, 6) is 0. The van der Waals surface area contributed by atoms with Crippen LogP contribution in [0.5, 0.6) is 0 Å². The van der Waals surface area contributed by atoms with Crippen LogP contribution in [0.15, 0.2) is 18.2 Å². The van der Waals surface area contributed by atoms with E-state index in [1.54, 1.807) is 6.07 Å². The van der Waals surface area contributed by atoms with E-state index in [2.05, 4.69) is 0 Å². The number of nitrogens with zero attached hydrogens (tertiary/aromatic N) is 1. The summed E-state index contributed by atoms with van der Waals surface area (Å²) < 4.78 is 4.86. The number of amides is 1. The lowest BCUT2D eigenvalue weighted by Gasteiger charge is -2.07. The minimum Gasteiger partial charge on any atom is -0.446 e. The van der Waals surface area contributed by atoms with Gasteiger partial charge in [-0.2, -0.15) is 0 Å². The Bertz CT molecular complexity index is 458. The Morgan fingerprint density at radius 3 is 2.75 bits per heavy atom. The zero-order chi connectivity index (χ0) is 11.7. The van der Waals surface area contributed by atoms with E-state index >= 15 is 0 Å². The Morgan fingerprint density at radius 1 is 1.44 bits per heavy atom. The molecule has 6 nitrogen and oxygen atoms in total. The fourth-order valence-electron chi connectivity index (χ4n) is 1.93. The highest BCUT2D eigenvalue weighted by Crippen LogP contribution is 2.27. The van der Waals surface area contributed by atoms with Crippen molar-refractivity contribution in [2.75, 3.05) is 0 Å². The summed E-state index contributed by atoms with van der Waals surface area (Å²) in [5.41, 5.74) is 6.79. The molecule has 1 aromatic carbocycles. The standard InChI is InChI=1S/C10H10N2O4/c11-10(13)16-9-4-6-1-2-8(12(14)15)3-7(6)5-9/h1-3,9H,4-5H2,(H2,11,13)/t9-/m0/s1. The van der Waals surface area contributed by atoms with E-state index in [-0.39, 0.29) is 11.8 Å². The van der Waals surface area contributed by atoms with Gasteiger partial charge in [0.1, 0.15) is 6.10 Å². The van der Waals surface area contributed by atoms with Gasteiger partial charge in [0, 0.05) is 25.0 Å². The summed E-state index contributed by atoms with van der Waals surface area (Å²) in [7, 11) is 0. The van der Waals surface area contributed by atoms with E-state index in [0.29, 0.717) is 12.8 Å². The van der Waals surface area contributed by atoms with E-state index in [9.17, 15) is 14.9 Å². The van der Waals surface area contributed by atoms with Crippen LogP contribution in [0.1, 0.15) is 11.1 Å². The van der Waals surface area contributed by atoms with Gasteiger partial charge in [0.15, 0.2) is 0 Å². The van der Waals surface area contributed by atoms with Crippen molar-refractivity contribution in [1.82, 2.24) is 0 Å². The highest BCUT2D eigenvalue weighted by Gasteiger charge is 2.25. The van der Waals surface area contributed by atoms with Crippen molar-refractivity contribution in [3.05, 3.63) is 39.4 Å². The lowest BCUT2D eigenvalue weighted by molar-refractivity contribution is -0.384. The van der Waals surface area contributed by atoms with Crippen LogP contribution in [-0.4, -0.2) is 17.1 Å².